The van der Waals surface area contributed by atoms with Crippen LogP contribution in [-0.2, 0) is 14.6 Å². The van der Waals surface area contributed by atoms with Gasteiger partial charge >= 0.3 is 5.69 Å². The van der Waals surface area contributed by atoms with Gasteiger partial charge in [0.2, 0.25) is 0 Å². The summed E-state index contributed by atoms with van der Waals surface area (Å²) in [5.74, 6) is 0.308. The Kier molecular flexibility index (Phi) is 5.38. The van der Waals surface area contributed by atoms with Crippen molar-refractivity contribution >= 4 is 26.8 Å². The monoisotopic (exact) mass is 429 g/mol. The van der Waals surface area contributed by atoms with Gasteiger partial charge in [-0.15, -0.1) is 0 Å². The molecule has 0 unspecified atom stereocenters. The third kappa shape index (κ3) is 4.11. The van der Waals surface area contributed by atoms with E-state index in [2.05, 4.69) is 4.98 Å². The predicted molar refractivity (Wildman–Crippen MR) is 112 cm³/mol. The number of nitrogens with zero attached hydrogens (tertiary/aromatic N) is 2. The number of benzene rings is 2. The molecule has 30 heavy (non-hydrogen) atoms. The molecule has 8 nitrogen and oxygen atoms in total. The molecule has 0 bridgehead atoms. The van der Waals surface area contributed by atoms with Crippen LogP contribution in [0.1, 0.15) is 18.9 Å². The number of piperidine rings is 1. The fraction of sp³-hybridized carbons (Fsp3) is 0.333. The van der Waals surface area contributed by atoms with Crippen LogP contribution < -0.4 is 10.4 Å². The fourth-order valence-corrected chi connectivity index (χ4v) is 4.46. The van der Waals surface area contributed by atoms with Gasteiger partial charge in [-0.3, -0.25) is 9.36 Å². The molecule has 1 aromatic heterocycles. The van der Waals surface area contributed by atoms with Gasteiger partial charge in [0.1, 0.15) is 5.75 Å². The molecule has 2 aromatic carbocycles. The van der Waals surface area contributed by atoms with E-state index in [4.69, 9.17) is 4.74 Å². The first-order chi connectivity index (χ1) is 14.3. The van der Waals surface area contributed by atoms with Gasteiger partial charge in [-0.05, 0) is 49.2 Å². The lowest BCUT2D eigenvalue weighted by molar-refractivity contribution is -0.134. The molecule has 1 aliphatic rings. The summed E-state index contributed by atoms with van der Waals surface area (Å²) in [6.45, 7) is 0.980. The predicted octanol–water partition coefficient (Wildman–Crippen LogP) is 1.98. The Morgan fingerprint density at radius 3 is 2.43 bits per heavy atom. The van der Waals surface area contributed by atoms with E-state index in [9.17, 15) is 18.0 Å². The number of rotatable bonds is 5. The molecule has 1 N–H and O–H groups in total. The lowest BCUT2D eigenvalue weighted by atomic mass is 10.0. The number of sulfone groups is 1. The minimum atomic E-state index is -3.27. The Morgan fingerprint density at radius 1 is 1.10 bits per heavy atom. The average Bonchev–Trinajstić information content (AvgIpc) is 3.07. The molecule has 1 saturated heterocycles. The molecule has 2 heterocycles. The summed E-state index contributed by atoms with van der Waals surface area (Å²) in [7, 11) is -3.27. The van der Waals surface area contributed by atoms with Gasteiger partial charge in [0.15, 0.2) is 16.4 Å². The normalized spacial score (nSPS) is 15.4. The lowest BCUT2D eigenvalue weighted by Crippen LogP contribution is -2.42. The zero-order chi connectivity index (χ0) is 21.3. The van der Waals surface area contributed by atoms with Crippen LogP contribution in [0.25, 0.3) is 11.0 Å². The molecule has 3 aromatic rings. The van der Waals surface area contributed by atoms with E-state index in [0.717, 1.165) is 17.3 Å². The third-order valence-corrected chi connectivity index (χ3v) is 6.55. The number of ether oxygens (including phenoxy) is 1. The second kappa shape index (κ2) is 7.98. The summed E-state index contributed by atoms with van der Waals surface area (Å²) in [5.41, 5.74) is 1.58. The third-order valence-electron chi connectivity index (χ3n) is 5.42. The van der Waals surface area contributed by atoms with E-state index in [-0.39, 0.29) is 29.1 Å². The summed E-state index contributed by atoms with van der Waals surface area (Å²) in [5, 5.41) is 0. The van der Waals surface area contributed by atoms with Crippen LogP contribution >= 0.6 is 0 Å². The lowest BCUT2D eigenvalue weighted by Gasteiger charge is -2.32. The van der Waals surface area contributed by atoms with Crippen molar-refractivity contribution < 1.29 is 17.9 Å². The number of likely N-dealkylation sites (tertiary alicyclic amines) is 1. The van der Waals surface area contributed by atoms with Crippen molar-refractivity contribution in [2.24, 2.45) is 0 Å². The summed E-state index contributed by atoms with van der Waals surface area (Å²) >= 11 is 0. The van der Waals surface area contributed by atoms with Gasteiger partial charge in [0.05, 0.1) is 15.9 Å². The fourth-order valence-electron chi connectivity index (χ4n) is 3.83. The van der Waals surface area contributed by atoms with Crippen LogP contribution in [0.2, 0.25) is 0 Å². The number of carbonyl (C=O) groups is 1. The standard InChI is InChI=1S/C21H23N3O5S/c1-30(27,28)17-8-6-16(7-9-17)29-14-20(25)23-12-10-15(11-13-23)24-19-5-3-2-4-18(19)22-21(24)26/h2-9,15H,10-14H2,1H3,(H,22,26). The van der Waals surface area contributed by atoms with Gasteiger partial charge in [0, 0.05) is 25.4 Å². The van der Waals surface area contributed by atoms with Gasteiger partial charge < -0.3 is 14.6 Å². The van der Waals surface area contributed by atoms with E-state index in [1.807, 2.05) is 24.3 Å². The molecule has 0 radical (unpaired) electrons. The van der Waals surface area contributed by atoms with Crippen LogP contribution in [0, 0.1) is 0 Å². The molecule has 1 fully saturated rings. The molecular weight excluding hydrogens is 406 g/mol. The first-order valence-corrected chi connectivity index (χ1v) is 11.6. The highest BCUT2D eigenvalue weighted by Crippen LogP contribution is 2.25. The number of fused-ring (bicyclic) bond motifs is 1. The number of hydrogen-bond acceptors (Lipinski definition) is 5. The molecule has 1 aliphatic heterocycles. The van der Waals surface area contributed by atoms with Crippen molar-refractivity contribution in [3.05, 3.63) is 59.0 Å². The molecule has 0 saturated carbocycles. The van der Waals surface area contributed by atoms with Crippen molar-refractivity contribution in [2.75, 3.05) is 26.0 Å². The topological polar surface area (TPSA) is 101 Å². The molecule has 158 valence electrons. The van der Waals surface area contributed by atoms with Gasteiger partial charge in [-0.2, -0.15) is 0 Å². The average molecular weight is 429 g/mol. The number of nitrogens with one attached hydrogen (secondary N) is 1. The molecule has 4 rings (SSSR count). The van der Waals surface area contributed by atoms with Crippen molar-refractivity contribution in [1.29, 1.82) is 0 Å². The number of H-pyrrole nitrogens is 1. The van der Waals surface area contributed by atoms with E-state index in [1.54, 1.807) is 21.6 Å². The van der Waals surface area contributed by atoms with Crippen molar-refractivity contribution in [3.8, 4) is 5.75 Å². The van der Waals surface area contributed by atoms with Crippen LogP contribution in [-0.4, -0.2) is 54.7 Å². The number of amides is 1. The molecule has 9 heteroatoms. The number of aromatic amines is 1. The van der Waals surface area contributed by atoms with E-state index >= 15 is 0 Å². The van der Waals surface area contributed by atoms with Gasteiger partial charge in [0.25, 0.3) is 5.91 Å². The second-order valence-electron chi connectivity index (χ2n) is 7.46. The summed E-state index contributed by atoms with van der Waals surface area (Å²) in [6.07, 6.45) is 2.52. The van der Waals surface area contributed by atoms with E-state index in [1.165, 1.54) is 12.1 Å². The second-order valence-corrected chi connectivity index (χ2v) is 9.48. The number of hydrogen-bond donors (Lipinski definition) is 1. The highest BCUT2D eigenvalue weighted by Gasteiger charge is 2.26. The highest BCUT2D eigenvalue weighted by molar-refractivity contribution is 7.90. The molecular formula is C21H23N3O5S. The Hall–Kier alpha value is -3.07. The Morgan fingerprint density at radius 2 is 1.77 bits per heavy atom. The summed E-state index contributed by atoms with van der Waals surface area (Å²) in [4.78, 5) is 29.7. The maximum Gasteiger partial charge on any atom is 0.326 e. The Bertz CT molecular complexity index is 1220. The smallest absolute Gasteiger partial charge is 0.326 e. The quantitative estimate of drug-likeness (QED) is 0.668. The number of aromatic nitrogens is 2. The first-order valence-electron chi connectivity index (χ1n) is 9.73. The Labute approximate surface area is 174 Å². The zero-order valence-electron chi connectivity index (χ0n) is 16.6. The maximum absolute atomic E-state index is 12.5. The summed E-state index contributed by atoms with van der Waals surface area (Å²) in [6, 6.07) is 13.6. The highest BCUT2D eigenvalue weighted by atomic mass is 32.2. The number of imidazole rings is 1. The SMILES string of the molecule is CS(=O)(=O)c1ccc(OCC(=O)N2CCC(n3c(=O)[nH]c4ccccc43)CC2)cc1. The minimum Gasteiger partial charge on any atom is -0.484 e. The number of carbonyl (C=O) groups excluding carboxylic acids is 1. The number of para-hydroxylation sites is 2. The summed E-state index contributed by atoms with van der Waals surface area (Å²) < 4.78 is 30.3. The molecule has 0 atom stereocenters. The largest absolute Gasteiger partial charge is 0.484 e. The van der Waals surface area contributed by atoms with Gasteiger partial charge in [-0.25, -0.2) is 13.2 Å². The van der Waals surface area contributed by atoms with Crippen molar-refractivity contribution in [3.63, 3.8) is 0 Å². The maximum atomic E-state index is 12.5. The van der Waals surface area contributed by atoms with Crippen molar-refractivity contribution in [1.82, 2.24) is 14.5 Å². The van der Waals surface area contributed by atoms with Crippen molar-refractivity contribution in [2.45, 2.75) is 23.8 Å². The Balaban J connectivity index is 1.34. The van der Waals surface area contributed by atoms with Gasteiger partial charge in [-0.1, -0.05) is 12.1 Å². The first kappa shape index (κ1) is 20.2. The van der Waals surface area contributed by atoms with Crippen LogP contribution in [0.4, 0.5) is 0 Å². The molecule has 0 aliphatic carbocycles. The van der Waals surface area contributed by atoms with E-state index in [0.29, 0.717) is 31.7 Å². The molecule has 0 spiro atoms. The van der Waals surface area contributed by atoms with Crippen LogP contribution in [0.5, 0.6) is 5.75 Å². The molecule has 1 amide bonds. The van der Waals surface area contributed by atoms with Crippen LogP contribution in [0.3, 0.4) is 0 Å². The van der Waals surface area contributed by atoms with Crippen LogP contribution in [0.15, 0.2) is 58.2 Å². The zero-order valence-corrected chi connectivity index (χ0v) is 17.4. The minimum absolute atomic E-state index is 0.0437. The van der Waals surface area contributed by atoms with E-state index < -0.39 is 9.84 Å².